The van der Waals surface area contributed by atoms with E-state index in [1.807, 2.05) is 4.90 Å². The third-order valence-electron chi connectivity index (χ3n) is 4.96. The third kappa shape index (κ3) is 4.77. The van der Waals surface area contributed by atoms with Crippen LogP contribution in [0.2, 0.25) is 5.02 Å². The minimum absolute atomic E-state index is 0.107. The van der Waals surface area contributed by atoms with Crippen molar-refractivity contribution in [1.82, 2.24) is 24.3 Å². The Bertz CT molecular complexity index is 1200. The lowest BCUT2D eigenvalue weighted by Crippen LogP contribution is -2.48. The lowest BCUT2D eigenvalue weighted by molar-refractivity contribution is -0.137. The summed E-state index contributed by atoms with van der Waals surface area (Å²) in [5.74, 6) is 0.769. The van der Waals surface area contributed by atoms with Crippen LogP contribution in [0.25, 0.3) is 11.4 Å². The molecule has 0 atom stereocenters. The average Bonchev–Trinajstić information content (AvgIpc) is 3.22. The van der Waals surface area contributed by atoms with Gasteiger partial charge in [-0.1, -0.05) is 16.8 Å². The molecule has 13 heteroatoms. The van der Waals surface area contributed by atoms with Gasteiger partial charge < -0.3 is 4.52 Å². The van der Waals surface area contributed by atoms with E-state index in [0.717, 1.165) is 16.4 Å². The van der Waals surface area contributed by atoms with Crippen molar-refractivity contribution in [1.29, 1.82) is 0 Å². The zero-order chi connectivity index (χ0) is 22.9. The largest absolute Gasteiger partial charge is 0.417 e. The Balaban J connectivity index is 1.41. The lowest BCUT2D eigenvalue weighted by atomic mass is 10.2. The summed E-state index contributed by atoms with van der Waals surface area (Å²) in [6.45, 7) is 1.24. The molecule has 0 spiro atoms. The molecule has 32 heavy (non-hydrogen) atoms. The van der Waals surface area contributed by atoms with Gasteiger partial charge in [-0.15, -0.1) is 0 Å². The van der Waals surface area contributed by atoms with Crippen LogP contribution in [-0.2, 0) is 22.7 Å². The molecule has 0 N–H and O–H groups in total. The zero-order valence-electron chi connectivity index (χ0n) is 16.5. The molecule has 1 aromatic carbocycles. The number of pyridine rings is 1. The van der Waals surface area contributed by atoms with Gasteiger partial charge in [0.15, 0.2) is 0 Å². The van der Waals surface area contributed by atoms with E-state index < -0.39 is 31.7 Å². The molecule has 8 nitrogen and oxygen atoms in total. The van der Waals surface area contributed by atoms with Crippen LogP contribution in [0.3, 0.4) is 0 Å². The predicted octanol–water partition coefficient (Wildman–Crippen LogP) is 3.31. The van der Waals surface area contributed by atoms with Crippen LogP contribution < -0.4 is 0 Å². The Morgan fingerprint density at radius 3 is 2.53 bits per heavy atom. The summed E-state index contributed by atoms with van der Waals surface area (Å²) in [5, 5.41) is 3.37. The molecule has 1 fully saturated rings. The normalized spacial score (nSPS) is 16.4. The lowest BCUT2D eigenvalue weighted by Gasteiger charge is -2.33. The molecule has 0 amide bonds. The van der Waals surface area contributed by atoms with Crippen LogP contribution in [0.15, 0.2) is 52.1 Å². The minimum atomic E-state index is -4.75. The molecular formula is C19H17ClF3N5O3S. The predicted molar refractivity (Wildman–Crippen MR) is 108 cm³/mol. The van der Waals surface area contributed by atoms with Gasteiger partial charge in [0.2, 0.25) is 21.7 Å². The Morgan fingerprint density at radius 2 is 1.88 bits per heavy atom. The SMILES string of the molecule is O=S(=O)(c1ccc(Cl)c(C(F)(F)F)c1)N1CCN(Cc2nc(-c3cccnc3)no2)CC1. The first-order chi connectivity index (χ1) is 15.1. The van der Waals surface area contributed by atoms with E-state index in [-0.39, 0.29) is 13.1 Å². The molecule has 0 saturated carbocycles. The van der Waals surface area contributed by atoms with Gasteiger partial charge in [0, 0.05) is 44.1 Å². The molecule has 3 heterocycles. The second-order valence-corrected chi connectivity index (χ2v) is 9.42. The standard InChI is InChI=1S/C19H17ClF3N5O3S/c20-16-4-3-14(10-15(16)19(21,22)23)32(29,30)28-8-6-27(7-9-28)12-17-25-18(26-31-17)13-2-1-5-24-11-13/h1-5,10-11H,6-9,12H2. The van der Waals surface area contributed by atoms with E-state index in [0.29, 0.717) is 43.0 Å². The molecule has 0 unspecified atom stereocenters. The number of nitrogens with zero attached hydrogens (tertiary/aromatic N) is 5. The Labute approximate surface area is 186 Å². The van der Waals surface area contributed by atoms with Crippen LogP contribution in [0.4, 0.5) is 13.2 Å². The van der Waals surface area contributed by atoms with Crippen molar-refractivity contribution in [2.75, 3.05) is 26.2 Å². The number of halogens is 4. The van der Waals surface area contributed by atoms with E-state index in [4.69, 9.17) is 16.1 Å². The van der Waals surface area contributed by atoms with Gasteiger partial charge in [0.05, 0.1) is 22.0 Å². The summed E-state index contributed by atoms with van der Waals surface area (Å²) in [6, 6.07) is 6.15. The van der Waals surface area contributed by atoms with Crippen molar-refractivity contribution < 1.29 is 26.1 Å². The maximum absolute atomic E-state index is 13.1. The minimum Gasteiger partial charge on any atom is -0.338 e. The average molecular weight is 488 g/mol. The van der Waals surface area contributed by atoms with Gasteiger partial charge in [-0.2, -0.15) is 22.5 Å². The summed E-state index contributed by atoms with van der Waals surface area (Å²) in [5.41, 5.74) is -0.473. The van der Waals surface area contributed by atoms with Crippen LogP contribution in [0.1, 0.15) is 11.5 Å². The van der Waals surface area contributed by atoms with Gasteiger partial charge in [0.1, 0.15) is 0 Å². The number of piperazine rings is 1. The maximum atomic E-state index is 13.1. The van der Waals surface area contributed by atoms with Crippen LogP contribution in [0, 0.1) is 0 Å². The molecule has 4 rings (SSSR count). The molecule has 2 aromatic heterocycles. The fourth-order valence-electron chi connectivity index (χ4n) is 3.28. The molecular weight excluding hydrogens is 471 g/mol. The molecule has 0 radical (unpaired) electrons. The summed E-state index contributed by atoms with van der Waals surface area (Å²) in [6.07, 6.45) is -1.51. The molecule has 0 aliphatic carbocycles. The first-order valence-corrected chi connectivity index (χ1v) is 11.3. The number of rotatable bonds is 5. The van der Waals surface area contributed by atoms with Gasteiger partial charge in [0.25, 0.3) is 0 Å². The molecule has 0 bridgehead atoms. The fourth-order valence-corrected chi connectivity index (χ4v) is 4.96. The quantitative estimate of drug-likeness (QED) is 0.545. The van der Waals surface area contributed by atoms with E-state index in [1.165, 1.54) is 0 Å². The zero-order valence-corrected chi connectivity index (χ0v) is 18.0. The Hall–Kier alpha value is -2.54. The fraction of sp³-hybridized carbons (Fsp3) is 0.316. The number of aromatic nitrogens is 3. The number of hydrogen-bond donors (Lipinski definition) is 0. The van der Waals surface area contributed by atoms with Crippen LogP contribution >= 0.6 is 11.6 Å². The van der Waals surface area contributed by atoms with Crippen LogP contribution in [-0.4, -0.2) is 58.9 Å². The Morgan fingerprint density at radius 1 is 1.12 bits per heavy atom. The van der Waals surface area contributed by atoms with Gasteiger partial charge >= 0.3 is 6.18 Å². The van der Waals surface area contributed by atoms with Crippen LogP contribution in [0.5, 0.6) is 0 Å². The summed E-state index contributed by atoms with van der Waals surface area (Å²) in [7, 11) is -4.10. The van der Waals surface area contributed by atoms with Gasteiger partial charge in [-0.3, -0.25) is 9.88 Å². The second-order valence-electron chi connectivity index (χ2n) is 7.07. The van der Waals surface area contributed by atoms with Crippen molar-refractivity contribution >= 4 is 21.6 Å². The van der Waals surface area contributed by atoms with Gasteiger partial charge in [-0.25, -0.2) is 8.42 Å². The van der Waals surface area contributed by atoms with E-state index >= 15 is 0 Å². The highest BCUT2D eigenvalue weighted by atomic mass is 35.5. The smallest absolute Gasteiger partial charge is 0.338 e. The second kappa shape index (κ2) is 8.77. The van der Waals surface area contributed by atoms with Crippen molar-refractivity contribution in [3.05, 3.63) is 59.2 Å². The van der Waals surface area contributed by atoms with Crippen molar-refractivity contribution in [3.8, 4) is 11.4 Å². The van der Waals surface area contributed by atoms with E-state index in [2.05, 4.69) is 15.1 Å². The van der Waals surface area contributed by atoms with Gasteiger partial charge in [-0.05, 0) is 30.3 Å². The first-order valence-electron chi connectivity index (χ1n) is 9.47. The highest BCUT2D eigenvalue weighted by Gasteiger charge is 2.36. The molecule has 1 aliphatic rings. The highest BCUT2D eigenvalue weighted by molar-refractivity contribution is 7.89. The molecule has 170 valence electrons. The highest BCUT2D eigenvalue weighted by Crippen LogP contribution is 2.36. The van der Waals surface area contributed by atoms with E-state index in [1.54, 1.807) is 24.5 Å². The summed E-state index contributed by atoms with van der Waals surface area (Å²) in [4.78, 5) is 9.80. The summed E-state index contributed by atoms with van der Waals surface area (Å²) < 4.78 is 71.4. The van der Waals surface area contributed by atoms with Crippen molar-refractivity contribution in [3.63, 3.8) is 0 Å². The summed E-state index contributed by atoms with van der Waals surface area (Å²) >= 11 is 5.60. The number of hydrogen-bond acceptors (Lipinski definition) is 7. The van der Waals surface area contributed by atoms with Crippen molar-refractivity contribution in [2.45, 2.75) is 17.6 Å². The molecule has 3 aromatic rings. The first kappa shape index (κ1) is 22.6. The number of alkyl halides is 3. The monoisotopic (exact) mass is 487 g/mol. The Kier molecular flexibility index (Phi) is 6.21. The number of sulfonamides is 1. The maximum Gasteiger partial charge on any atom is 0.417 e. The topological polar surface area (TPSA) is 92.4 Å². The molecule has 1 saturated heterocycles. The number of benzene rings is 1. The van der Waals surface area contributed by atoms with E-state index in [9.17, 15) is 21.6 Å². The molecule has 1 aliphatic heterocycles. The third-order valence-corrected chi connectivity index (χ3v) is 7.18. The van der Waals surface area contributed by atoms with Crippen molar-refractivity contribution in [2.24, 2.45) is 0 Å².